The molecule has 2 amide bonds. The molecule has 184 valence electrons. The zero-order valence-electron chi connectivity index (χ0n) is 19.7. The summed E-state index contributed by atoms with van der Waals surface area (Å²) in [5, 5.41) is 14.7. The van der Waals surface area contributed by atoms with Crippen LogP contribution in [0.2, 0.25) is 0 Å². The molecule has 0 spiro atoms. The number of carboxylic acids is 1. The first kappa shape index (κ1) is 24.5. The molecule has 0 heterocycles. The molecule has 35 heavy (non-hydrogen) atoms. The van der Waals surface area contributed by atoms with Gasteiger partial charge in [-0.3, -0.25) is 4.79 Å². The van der Waals surface area contributed by atoms with E-state index in [4.69, 9.17) is 4.74 Å². The lowest BCUT2D eigenvalue weighted by Crippen LogP contribution is -2.43. The number of hydrogen-bond donors (Lipinski definition) is 3. The molecule has 7 nitrogen and oxygen atoms in total. The van der Waals surface area contributed by atoms with Crippen LogP contribution in [0.15, 0.2) is 61.2 Å². The maximum absolute atomic E-state index is 12.3. The average molecular weight is 477 g/mol. The summed E-state index contributed by atoms with van der Waals surface area (Å²) in [6.45, 7) is 4.37. The van der Waals surface area contributed by atoms with Crippen molar-refractivity contribution in [1.29, 1.82) is 0 Å². The highest BCUT2D eigenvalue weighted by Gasteiger charge is 2.32. The first-order valence-corrected chi connectivity index (χ1v) is 12.2. The van der Waals surface area contributed by atoms with E-state index in [1.165, 1.54) is 22.3 Å². The summed E-state index contributed by atoms with van der Waals surface area (Å²) in [6, 6.07) is 15.6. The van der Waals surface area contributed by atoms with E-state index in [9.17, 15) is 19.5 Å². The van der Waals surface area contributed by atoms with Gasteiger partial charge >= 0.3 is 12.1 Å². The van der Waals surface area contributed by atoms with E-state index >= 15 is 0 Å². The number of fused-ring (bicyclic) bond motifs is 3. The lowest BCUT2D eigenvalue weighted by molar-refractivity contribution is -0.142. The Morgan fingerprint density at radius 2 is 1.66 bits per heavy atom. The quantitative estimate of drug-likeness (QED) is 0.415. The van der Waals surface area contributed by atoms with Crippen molar-refractivity contribution in [3.05, 3.63) is 72.3 Å². The highest BCUT2D eigenvalue weighted by Crippen LogP contribution is 2.44. The molecule has 2 aliphatic carbocycles. The van der Waals surface area contributed by atoms with Crippen LogP contribution in [0.1, 0.15) is 49.1 Å². The fourth-order valence-electron chi connectivity index (χ4n) is 5.14. The zero-order chi connectivity index (χ0) is 24.8. The molecule has 0 aromatic heterocycles. The number of hydrogen-bond acceptors (Lipinski definition) is 4. The molecule has 1 atom stereocenters. The van der Waals surface area contributed by atoms with E-state index in [1.54, 1.807) is 6.08 Å². The standard InChI is InChI=1S/C28H32N2O5/c1-2-3-12-25(27(32)33)30-26(31)15-18-13-19(14-18)16-29-28(34)35-17-24-22-10-6-4-8-20(22)21-9-5-7-11-23(21)24/h2,4-11,18-19,24-25H,1,3,12-17H2,(H,29,34)(H,30,31)(H,32,33). The highest BCUT2D eigenvalue weighted by atomic mass is 16.5. The van der Waals surface area contributed by atoms with Gasteiger partial charge in [0.15, 0.2) is 0 Å². The molecule has 1 fully saturated rings. The summed E-state index contributed by atoms with van der Waals surface area (Å²) in [5.74, 6) is -0.739. The molecule has 1 saturated carbocycles. The van der Waals surface area contributed by atoms with Gasteiger partial charge in [-0.15, -0.1) is 6.58 Å². The van der Waals surface area contributed by atoms with Crippen molar-refractivity contribution in [2.45, 2.75) is 44.1 Å². The van der Waals surface area contributed by atoms with Crippen LogP contribution in [-0.2, 0) is 14.3 Å². The number of carbonyl (C=O) groups excluding carboxylic acids is 2. The molecule has 2 aromatic carbocycles. The van der Waals surface area contributed by atoms with Crippen molar-refractivity contribution >= 4 is 18.0 Å². The number of aliphatic carboxylic acids is 1. The molecule has 2 aromatic rings. The van der Waals surface area contributed by atoms with Crippen LogP contribution in [0.3, 0.4) is 0 Å². The lowest BCUT2D eigenvalue weighted by atomic mass is 9.73. The van der Waals surface area contributed by atoms with Crippen LogP contribution in [-0.4, -0.2) is 42.3 Å². The Morgan fingerprint density at radius 1 is 1.03 bits per heavy atom. The van der Waals surface area contributed by atoms with Gasteiger partial charge in [-0.25, -0.2) is 9.59 Å². The van der Waals surface area contributed by atoms with Gasteiger partial charge < -0.3 is 20.5 Å². The maximum Gasteiger partial charge on any atom is 0.407 e. The van der Waals surface area contributed by atoms with Gasteiger partial charge in [-0.05, 0) is 59.8 Å². The second kappa shape index (κ2) is 11.2. The van der Waals surface area contributed by atoms with Crippen LogP contribution < -0.4 is 10.6 Å². The van der Waals surface area contributed by atoms with Crippen LogP contribution in [0.25, 0.3) is 11.1 Å². The summed E-state index contributed by atoms with van der Waals surface area (Å²) in [4.78, 5) is 35.8. The van der Waals surface area contributed by atoms with Gasteiger partial charge in [-0.1, -0.05) is 54.6 Å². The number of allylic oxidation sites excluding steroid dienone is 1. The predicted octanol–water partition coefficient (Wildman–Crippen LogP) is 4.48. The van der Waals surface area contributed by atoms with Crippen LogP contribution in [0, 0.1) is 11.8 Å². The predicted molar refractivity (Wildman–Crippen MR) is 133 cm³/mol. The number of alkyl carbamates (subject to hydrolysis) is 1. The lowest BCUT2D eigenvalue weighted by Gasteiger charge is -2.35. The first-order chi connectivity index (χ1) is 17.0. The molecule has 0 aliphatic heterocycles. The topological polar surface area (TPSA) is 105 Å². The van der Waals surface area contributed by atoms with Crippen molar-refractivity contribution in [2.75, 3.05) is 13.2 Å². The van der Waals surface area contributed by atoms with Crippen molar-refractivity contribution in [3.8, 4) is 11.1 Å². The van der Waals surface area contributed by atoms with Gasteiger partial charge in [-0.2, -0.15) is 0 Å². The van der Waals surface area contributed by atoms with E-state index in [1.807, 2.05) is 24.3 Å². The molecule has 0 radical (unpaired) electrons. The third kappa shape index (κ3) is 5.91. The summed E-state index contributed by atoms with van der Waals surface area (Å²) >= 11 is 0. The number of rotatable bonds is 11. The fraction of sp³-hybridized carbons (Fsp3) is 0.393. The monoisotopic (exact) mass is 476 g/mol. The van der Waals surface area contributed by atoms with Crippen LogP contribution in [0.4, 0.5) is 4.79 Å². The third-order valence-corrected chi connectivity index (χ3v) is 6.98. The Morgan fingerprint density at radius 3 is 2.26 bits per heavy atom. The minimum absolute atomic E-state index is 0.0286. The van der Waals surface area contributed by atoms with E-state index in [2.05, 4.69) is 41.5 Å². The van der Waals surface area contributed by atoms with E-state index in [0.29, 0.717) is 31.7 Å². The molecule has 4 rings (SSSR count). The molecule has 0 saturated heterocycles. The molecule has 3 N–H and O–H groups in total. The molecule has 1 unspecified atom stereocenters. The number of benzene rings is 2. The number of nitrogens with one attached hydrogen (secondary N) is 2. The fourth-order valence-corrected chi connectivity index (χ4v) is 5.14. The second-order valence-corrected chi connectivity index (χ2v) is 9.44. The van der Waals surface area contributed by atoms with Gasteiger partial charge in [0.1, 0.15) is 12.6 Å². The molecule has 0 bridgehead atoms. The van der Waals surface area contributed by atoms with Crippen molar-refractivity contribution in [1.82, 2.24) is 10.6 Å². The average Bonchev–Trinajstić information content (AvgIpc) is 3.15. The normalized spacial score (nSPS) is 19.0. The summed E-state index contributed by atoms with van der Waals surface area (Å²) in [7, 11) is 0. The minimum atomic E-state index is -1.03. The van der Waals surface area contributed by atoms with Gasteiger partial charge in [0.05, 0.1) is 0 Å². The smallest absolute Gasteiger partial charge is 0.407 e. The largest absolute Gasteiger partial charge is 0.480 e. The molecular weight excluding hydrogens is 444 g/mol. The Bertz CT molecular complexity index is 1050. The van der Waals surface area contributed by atoms with Crippen molar-refractivity contribution < 1.29 is 24.2 Å². The van der Waals surface area contributed by atoms with Gasteiger partial charge in [0.2, 0.25) is 5.91 Å². The van der Waals surface area contributed by atoms with Crippen molar-refractivity contribution in [2.24, 2.45) is 11.8 Å². The summed E-state index contributed by atoms with van der Waals surface area (Å²) in [5.41, 5.74) is 4.74. The van der Waals surface area contributed by atoms with E-state index in [-0.39, 0.29) is 24.3 Å². The summed E-state index contributed by atoms with van der Waals surface area (Å²) in [6.07, 6.45) is 4.02. The first-order valence-electron chi connectivity index (χ1n) is 12.2. The minimum Gasteiger partial charge on any atom is -0.480 e. The number of ether oxygens (including phenoxy) is 1. The van der Waals surface area contributed by atoms with Crippen LogP contribution >= 0.6 is 0 Å². The molecular formula is C28H32N2O5. The Kier molecular flexibility index (Phi) is 7.85. The third-order valence-electron chi connectivity index (χ3n) is 6.98. The Labute approximate surface area is 205 Å². The number of amides is 2. The SMILES string of the molecule is C=CCCC(NC(=O)CC1CC(CNC(=O)OCC2c3ccccc3-c3ccccc32)C1)C(=O)O. The van der Waals surface area contributed by atoms with Gasteiger partial charge in [0.25, 0.3) is 0 Å². The second-order valence-electron chi connectivity index (χ2n) is 9.44. The number of carbonyl (C=O) groups is 3. The van der Waals surface area contributed by atoms with E-state index in [0.717, 1.165) is 12.8 Å². The highest BCUT2D eigenvalue weighted by molar-refractivity contribution is 5.83. The Hall–Kier alpha value is -3.61. The van der Waals surface area contributed by atoms with E-state index < -0.39 is 18.1 Å². The Balaban J connectivity index is 1.17. The van der Waals surface area contributed by atoms with Crippen molar-refractivity contribution in [3.63, 3.8) is 0 Å². The molecule has 7 heteroatoms. The zero-order valence-corrected chi connectivity index (χ0v) is 19.7. The van der Waals surface area contributed by atoms with Gasteiger partial charge in [0, 0.05) is 18.9 Å². The maximum atomic E-state index is 12.3. The summed E-state index contributed by atoms with van der Waals surface area (Å²) < 4.78 is 5.57. The molecule has 2 aliphatic rings. The number of carboxylic acid groups (broad SMARTS) is 1. The van der Waals surface area contributed by atoms with Crippen LogP contribution in [0.5, 0.6) is 0 Å².